The number of carbonyl (C=O) groups is 1. The first-order valence-electron chi connectivity index (χ1n) is 7.18. The molecule has 2 aromatic rings. The van der Waals surface area contributed by atoms with Gasteiger partial charge in [0.05, 0.1) is 5.56 Å². The number of alkyl halides is 3. The smallest absolute Gasteiger partial charge is 0.416 e. The second-order valence-corrected chi connectivity index (χ2v) is 5.03. The molecular formula is C17H16F3NO3. The maximum atomic E-state index is 12.4. The molecule has 0 spiro atoms. The summed E-state index contributed by atoms with van der Waals surface area (Å²) in [5, 5.41) is 11.4. The van der Waals surface area contributed by atoms with Crippen LogP contribution in [0.2, 0.25) is 0 Å². The molecule has 2 N–H and O–H groups in total. The van der Waals surface area contributed by atoms with Gasteiger partial charge in [0.25, 0.3) is 5.91 Å². The Kier molecular flexibility index (Phi) is 5.81. The second-order valence-electron chi connectivity index (χ2n) is 5.03. The number of benzene rings is 2. The van der Waals surface area contributed by atoms with Gasteiger partial charge < -0.3 is 15.2 Å². The van der Waals surface area contributed by atoms with Gasteiger partial charge in [-0.2, -0.15) is 13.2 Å². The van der Waals surface area contributed by atoms with Gasteiger partial charge in [-0.3, -0.25) is 4.79 Å². The van der Waals surface area contributed by atoms with Crippen LogP contribution >= 0.6 is 0 Å². The van der Waals surface area contributed by atoms with E-state index in [-0.39, 0.29) is 19.0 Å². The second kappa shape index (κ2) is 7.83. The highest BCUT2D eigenvalue weighted by Gasteiger charge is 2.30. The molecule has 4 nitrogen and oxygen atoms in total. The summed E-state index contributed by atoms with van der Waals surface area (Å²) in [7, 11) is 0. The highest BCUT2D eigenvalue weighted by Crippen LogP contribution is 2.30. The van der Waals surface area contributed by atoms with Crippen LogP contribution in [0.3, 0.4) is 0 Å². The van der Waals surface area contributed by atoms with Gasteiger partial charge in [0.2, 0.25) is 0 Å². The van der Waals surface area contributed by atoms with Gasteiger partial charge in [0, 0.05) is 12.3 Å². The van der Waals surface area contributed by atoms with Gasteiger partial charge in [-0.25, -0.2) is 0 Å². The molecule has 128 valence electrons. The molecule has 24 heavy (non-hydrogen) atoms. The molecular weight excluding hydrogens is 323 g/mol. The topological polar surface area (TPSA) is 58.6 Å². The minimum atomic E-state index is -4.40. The Balaban J connectivity index is 1.84. The van der Waals surface area contributed by atoms with E-state index in [1.807, 2.05) is 0 Å². The van der Waals surface area contributed by atoms with Crippen molar-refractivity contribution in [1.82, 2.24) is 0 Å². The van der Waals surface area contributed by atoms with Crippen molar-refractivity contribution in [2.24, 2.45) is 0 Å². The molecule has 0 fully saturated rings. The summed E-state index contributed by atoms with van der Waals surface area (Å²) < 4.78 is 42.5. The summed E-state index contributed by atoms with van der Waals surface area (Å²) in [5.74, 6) is -0.249. The fraction of sp³-hybridized carbons (Fsp3) is 0.235. The SMILES string of the molecule is O=C(COc1ccc(C(F)(F)F)cc1)Nc1ccc(CCO)cc1. The first-order valence-corrected chi connectivity index (χ1v) is 7.18. The lowest BCUT2D eigenvalue weighted by Gasteiger charge is -2.10. The lowest BCUT2D eigenvalue weighted by molar-refractivity contribution is -0.137. The Morgan fingerprint density at radius 3 is 2.21 bits per heavy atom. The zero-order chi connectivity index (χ0) is 17.6. The van der Waals surface area contributed by atoms with Crippen molar-refractivity contribution in [3.8, 4) is 5.75 Å². The van der Waals surface area contributed by atoms with Crippen molar-refractivity contribution in [3.63, 3.8) is 0 Å². The van der Waals surface area contributed by atoms with E-state index < -0.39 is 17.6 Å². The summed E-state index contributed by atoms with van der Waals surface area (Å²) in [6.07, 6.45) is -3.87. The van der Waals surface area contributed by atoms with Crippen LogP contribution in [0.5, 0.6) is 5.75 Å². The van der Waals surface area contributed by atoms with E-state index >= 15 is 0 Å². The number of nitrogens with one attached hydrogen (secondary N) is 1. The third kappa shape index (κ3) is 5.27. The van der Waals surface area contributed by atoms with Crippen molar-refractivity contribution < 1.29 is 27.8 Å². The van der Waals surface area contributed by atoms with Crippen molar-refractivity contribution in [2.45, 2.75) is 12.6 Å². The van der Waals surface area contributed by atoms with E-state index in [1.165, 1.54) is 12.1 Å². The lowest BCUT2D eigenvalue weighted by atomic mass is 10.1. The number of aliphatic hydroxyl groups is 1. The molecule has 0 radical (unpaired) electrons. The summed E-state index contributed by atoms with van der Waals surface area (Å²) in [4.78, 5) is 11.8. The standard InChI is InChI=1S/C17H16F3NO3/c18-17(19,20)13-3-7-15(8-4-13)24-11-16(23)21-14-5-1-12(2-6-14)9-10-22/h1-8,22H,9-11H2,(H,21,23). The Bertz CT molecular complexity index is 667. The number of amides is 1. The van der Waals surface area contributed by atoms with E-state index in [0.29, 0.717) is 12.1 Å². The number of rotatable bonds is 6. The van der Waals surface area contributed by atoms with Gasteiger partial charge in [0.15, 0.2) is 6.61 Å². The van der Waals surface area contributed by atoms with Crippen LogP contribution < -0.4 is 10.1 Å². The van der Waals surface area contributed by atoms with Gasteiger partial charge in [-0.1, -0.05) is 12.1 Å². The van der Waals surface area contributed by atoms with Gasteiger partial charge in [-0.05, 0) is 48.4 Å². The fourth-order valence-electron chi connectivity index (χ4n) is 1.97. The molecule has 0 unspecified atom stereocenters. The Labute approximate surface area is 136 Å². The zero-order valence-corrected chi connectivity index (χ0v) is 12.6. The number of halogens is 3. The van der Waals surface area contributed by atoms with Crippen LogP contribution in [0.4, 0.5) is 18.9 Å². The number of aliphatic hydroxyl groups excluding tert-OH is 1. The molecule has 2 rings (SSSR count). The van der Waals surface area contributed by atoms with E-state index in [2.05, 4.69) is 5.32 Å². The van der Waals surface area contributed by atoms with Crippen LogP contribution in [0.1, 0.15) is 11.1 Å². The molecule has 0 aliphatic heterocycles. The number of carbonyl (C=O) groups excluding carboxylic acids is 1. The Morgan fingerprint density at radius 2 is 1.67 bits per heavy atom. The van der Waals surface area contributed by atoms with E-state index in [0.717, 1.165) is 17.7 Å². The maximum absolute atomic E-state index is 12.4. The molecule has 0 heterocycles. The van der Waals surface area contributed by atoms with Crippen molar-refractivity contribution in [1.29, 1.82) is 0 Å². The normalized spacial score (nSPS) is 11.2. The average molecular weight is 339 g/mol. The Morgan fingerprint density at radius 1 is 1.04 bits per heavy atom. The van der Waals surface area contributed by atoms with Gasteiger partial charge in [0.1, 0.15) is 5.75 Å². The highest BCUT2D eigenvalue weighted by molar-refractivity contribution is 5.91. The van der Waals surface area contributed by atoms with Crippen molar-refractivity contribution in [3.05, 3.63) is 59.7 Å². The predicted molar refractivity (Wildman–Crippen MR) is 82.8 cm³/mol. The quantitative estimate of drug-likeness (QED) is 0.849. The molecule has 0 aromatic heterocycles. The first kappa shape index (κ1) is 17.8. The molecule has 0 aliphatic carbocycles. The minimum absolute atomic E-state index is 0.0483. The third-order valence-electron chi connectivity index (χ3n) is 3.19. The third-order valence-corrected chi connectivity index (χ3v) is 3.19. The van der Waals surface area contributed by atoms with Gasteiger partial charge >= 0.3 is 6.18 Å². The van der Waals surface area contributed by atoms with E-state index in [9.17, 15) is 18.0 Å². The molecule has 1 amide bonds. The van der Waals surface area contributed by atoms with Crippen LogP contribution in [-0.2, 0) is 17.4 Å². The molecule has 0 saturated heterocycles. The average Bonchev–Trinajstić information content (AvgIpc) is 2.55. The first-order chi connectivity index (χ1) is 11.4. The maximum Gasteiger partial charge on any atom is 0.416 e. The summed E-state index contributed by atoms with van der Waals surface area (Å²) >= 11 is 0. The summed E-state index contributed by atoms with van der Waals surface area (Å²) in [6.45, 7) is -0.267. The molecule has 7 heteroatoms. The number of hydrogen-bond acceptors (Lipinski definition) is 3. The largest absolute Gasteiger partial charge is 0.484 e. The number of ether oxygens (including phenoxy) is 1. The van der Waals surface area contributed by atoms with Crippen molar-refractivity contribution in [2.75, 3.05) is 18.5 Å². The Hall–Kier alpha value is -2.54. The minimum Gasteiger partial charge on any atom is -0.484 e. The van der Waals surface area contributed by atoms with Gasteiger partial charge in [-0.15, -0.1) is 0 Å². The molecule has 0 aliphatic rings. The number of anilines is 1. The zero-order valence-electron chi connectivity index (χ0n) is 12.6. The highest BCUT2D eigenvalue weighted by atomic mass is 19.4. The lowest BCUT2D eigenvalue weighted by Crippen LogP contribution is -2.20. The van der Waals surface area contributed by atoms with Crippen LogP contribution in [-0.4, -0.2) is 24.2 Å². The van der Waals surface area contributed by atoms with E-state index in [1.54, 1.807) is 24.3 Å². The molecule has 0 saturated carbocycles. The summed E-state index contributed by atoms with van der Waals surface area (Å²) in [6, 6.07) is 11.1. The fourth-order valence-corrected chi connectivity index (χ4v) is 1.97. The molecule has 2 aromatic carbocycles. The van der Waals surface area contributed by atoms with Crippen molar-refractivity contribution >= 4 is 11.6 Å². The monoisotopic (exact) mass is 339 g/mol. The molecule has 0 atom stereocenters. The number of hydrogen-bond donors (Lipinski definition) is 2. The van der Waals surface area contributed by atoms with Crippen LogP contribution in [0.15, 0.2) is 48.5 Å². The predicted octanol–water partition coefficient (Wildman–Crippen LogP) is 3.26. The molecule has 0 bridgehead atoms. The van der Waals surface area contributed by atoms with Crippen LogP contribution in [0.25, 0.3) is 0 Å². The van der Waals surface area contributed by atoms with E-state index in [4.69, 9.17) is 9.84 Å². The summed E-state index contributed by atoms with van der Waals surface area (Å²) in [5.41, 5.74) is 0.733. The van der Waals surface area contributed by atoms with Crippen LogP contribution in [0, 0.1) is 0 Å².